The molecule has 2 amide bonds. The van der Waals surface area contributed by atoms with E-state index < -0.39 is 0 Å². The lowest BCUT2D eigenvalue weighted by molar-refractivity contribution is -0.131. The number of carbonyl (C=O) groups is 2. The lowest BCUT2D eigenvalue weighted by Gasteiger charge is -2.27. The smallest absolute Gasteiger partial charge is 0.270 e. The number of nitrogens with zero attached hydrogens (tertiary/aromatic N) is 1. The summed E-state index contributed by atoms with van der Waals surface area (Å²) in [5.41, 5.74) is 0.665. The molecule has 3 rings (SSSR count). The highest BCUT2D eigenvalue weighted by atomic mass is 16.5. The molecule has 0 radical (unpaired) electrons. The minimum Gasteiger partial charge on any atom is -0.465 e. The molecular formula is C18H18N2O4. The number of nitrogens with one attached hydrogen (secondary N) is 1. The molecule has 0 spiro atoms. The zero-order valence-electron chi connectivity index (χ0n) is 13.1. The number of furan rings is 1. The average Bonchev–Trinajstić information content (AvgIpc) is 3.15. The monoisotopic (exact) mass is 326 g/mol. The van der Waals surface area contributed by atoms with Crippen LogP contribution in [-0.2, 0) is 9.53 Å². The summed E-state index contributed by atoms with van der Waals surface area (Å²) in [5.74, 6) is -0.0889. The molecule has 0 aliphatic carbocycles. The van der Waals surface area contributed by atoms with Gasteiger partial charge in [-0.3, -0.25) is 9.59 Å². The van der Waals surface area contributed by atoms with Crippen molar-refractivity contribution in [2.75, 3.05) is 26.3 Å². The van der Waals surface area contributed by atoms with Crippen LogP contribution in [0.4, 0.5) is 0 Å². The van der Waals surface area contributed by atoms with Crippen LogP contribution in [0.2, 0.25) is 0 Å². The number of hydrogen-bond donors (Lipinski definition) is 1. The van der Waals surface area contributed by atoms with E-state index in [4.69, 9.17) is 9.15 Å². The van der Waals surface area contributed by atoms with Crippen molar-refractivity contribution in [2.45, 2.75) is 0 Å². The molecule has 2 aromatic rings. The van der Waals surface area contributed by atoms with Gasteiger partial charge in [0.15, 0.2) is 0 Å². The zero-order chi connectivity index (χ0) is 16.8. The number of benzene rings is 1. The van der Waals surface area contributed by atoms with E-state index in [0.717, 1.165) is 0 Å². The van der Waals surface area contributed by atoms with Crippen LogP contribution in [0.15, 0.2) is 58.8 Å². The topological polar surface area (TPSA) is 71.8 Å². The molecule has 1 aliphatic heterocycles. The van der Waals surface area contributed by atoms with Crippen LogP contribution < -0.4 is 5.32 Å². The summed E-state index contributed by atoms with van der Waals surface area (Å²) in [5, 5.41) is 2.70. The van der Waals surface area contributed by atoms with E-state index in [1.165, 1.54) is 6.26 Å². The molecule has 124 valence electrons. The SMILES string of the molecule is O=C(NC(=Cc1ccco1)C(=O)N1CCOCC1)c1ccccc1. The Labute approximate surface area is 139 Å². The fourth-order valence-corrected chi connectivity index (χ4v) is 2.39. The molecule has 6 nitrogen and oxygen atoms in total. The van der Waals surface area contributed by atoms with Gasteiger partial charge in [0.05, 0.1) is 19.5 Å². The molecule has 1 fully saturated rings. The third kappa shape index (κ3) is 3.91. The van der Waals surface area contributed by atoms with E-state index in [9.17, 15) is 9.59 Å². The number of ether oxygens (including phenoxy) is 1. The summed E-state index contributed by atoms with van der Waals surface area (Å²) in [6, 6.07) is 12.2. The second kappa shape index (κ2) is 7.61. The van der Waals surface area contributed by atoms with E-state index in [0.29, 0.717) is 37.6 Å². The maximum absolute atomic E-state index is 12.7. The van der Waals surface area contributed by atoms with E-state index in [1.807, 2.05) is 6.07 Å². The van der Waals surface area contributed by atoms with Gasteiger partial charge in [-0.05, 0) is 24.3 Å². The fourth-order valence-electron chi connectivity index (χ4n) is 2.39. The second-order valence-corrected chi connectivity index (χ2v) is 5.30. The predicted octanol–water partition coefficient (Wildman–Crippen LogP) is 1.91. The van der Waals surface area contributed by atoms with E-state index in [2.05, 4.69) is 5.32 Å². The normalized spacial score (nSPS) is 15.2. The molecule has 0 saturated carbocycles. The van der Waals surface area contributed by atoms with Crippen molar-refractivity contribution >= 4 is 17.9 Å². The van der Waals surface area contributed by atoms with Crippen molar-refractivity contribution in [3.8, 4) is 0 Å². The van der Waals surface area contributed by atoms with Crippen molar-refractivity contribution in [3.05, 3.63) is 65.7 Å². The minimum atomic E-state index is -0.338. The Hall–Kier alpha value is -2.86. The molecule has 6 heteroatoms. The first-order valence-electron chi connectivity index (χ1n) is 7.72. The van der Waals surface area contributed by atoms with E-state index >= 15 is 0 Å². The van der Waals surface area contributed by atoms with Gasteiger partial charge in [0, 0.05) is 24.7 Å². The van der Waals surface area contributed by atoms with Gasteiger partial charge < -0.3 is 19.4 Å². The molecule has 0 bridgehead atoms. The first-order valence-corrected chi connectivity index (χ1v) is 7.72. The Balaban J connectivity index is 1.82. The molecule has 1 aromatic heterocycles. The van der Waals surface area contributed by atoms with Gasteiger partial charge in [0.2, 0.25) is 0 Å². The average molecular weight is 326 g/mol. The maximum Gasteiger partial charge on any atom is 0.270 e. The molecule has 2 heterocycles. The Kier molecular flexibility index (Phi) is 5.08. The molecule has 1 N–H and O–H groups in total. The molecule has 0 unspecified atom stereocenters. The first kappa shape index (κ1) is 16.0. The third-order valence-electron chi connectivity index (χ3n) is 3.64. The van der Waals surface area contributed by atoms with E-state index in [-0.39, 0.29) is 17.5 Å². The Morgan fingerprint density at radius 1 is 1.04 bits per heavy atom. The van der Waals surface area contributed by atoms with Gasteiger partial charge in [-0.1, -0.05) is 18.2 Å². The number of rotatable bonds is 4. The predicted molar refractivity (Wildman–Crippen MR) is 88.0 cm³/mol. The Morgan fingerprint density at radius 2 is 1.79 bits per heavy atom. The van der Waals surface area contributed by atoms with Crippen LogP contribution in [0.25, 0.3) is 6.08 Å². The van der Waals surface area contributed by atoms with Crippen LogP contribution in [0.5, 0.6) is 0 Å². The number of morpholine rings is 1. The van der Waals surface area contributed by atoms with Gasteiger partial charge in [0.1, 0.15) is 11.5 Å². The van der Waals surface area contributed by atoms with Crippen molar-refractivity contribution in [2.24, 2.45) is 0 Å². The summed E-state index contributed by atoms with van der Waals surface area (Å²) in [6.45, 7) is 1.98. The quantitative estimate of drug-likeness (QED) is 0.871. The van der Waals surface area contributed by atoms with Gasteiger partial charge in [-0.2, -0.15) is 0 Å². The van der Waals surface area contributed by atoms with Crippen LogP contribution in [0.1, 0.15) is 16.1 Å². The zero-order valence-corrected chi connectivity index (χ0v) is 13.1. The van der Waals surface area contributed by atoms with Crippen molar-refractivity contribution in [1.29, 1.82) is 0 Å². The largest absolute Gasteiger partial charge is 0.465 e. The molecule has 1 aliphatic rings. The van der Waals surface area contributed by atoms with Gasteiger partial charge in [-0.15, -0.1) is 0 Å². The summed E-state index contributed by atoms with van der Waals surface area (Å²) in [4.78, 5) is 26.8. The number of carbonyl (C=O) groups excluding carboxylic acids is 2. The molecular weight excluding hydrogens is 308 g/mol. The highest BCUT2D eigenvalue weighted by Crippen LogP contribution is 2.11. The Morgan fingerprint density at radius 3 is 2.46 bits per heavy atom. The highest BCUT2D eigenvalue weighted by Gasteiger charge is 2.22. The van der Waals surface area contributed by atoms with Gasteiger partial charge in [-0.25, -0.2) is 0 Å². The molecule has 1 saturated heterocycles. The van der Waals surface area contributed by atoms with Crippen molar-refractivity contribution < 1.29 is 18.7 Å². The standard InChI is InChI=1S/C18H18N2O4/c21-17(14-5-2-1-3-6-14)19-16(13-15-7-4-10-24-15)18(22)20-8-11-23-12-9-20/h1-7,10,13H,8-9,11-12H2,(H,19,21). The first-order chi connectivity index (χ1) is 11.7. The van der Waals surface area contributed by atoms with Gasteiger partial charge in [0.25, 0.3) is 11.8 Å². The molecule has 1 aromatic carbocycles. The van der Waals surface area contributed by atoms with Crippen LogP contribution >= 0.6 is 0 Å². The fraction of sp³-hybridized carbons (Fsp3) is 0.222. The second-order valence-electron chi connectivity index (χ2n) is 5.30. The summed E-state index contributed by atoms with van der Waals surface area (Å²) in [6.07, 6.45) is 3.06. The van der Waals surface area contributed by atoms with Crippen molar-refractivity contribution in [1.82, 2.24) is 10.2 Å². The Bertz CT molecular complexity index is 717. The summed E-state index contributed by atoms with van der Waals surface area (Å²) < 4.78 is 10.5. The van der Waals surface area contributed by atoms with Crippen LogP contribution in [0.3, 0.4) is 0 Å². The minimum absolute atomic E-state index is 0.181. The van der Waals surface area contributed by atoms with Crippen LogP contribution in [0, 0.1) is 0 Å². The number of hydrogen-bond acceptors (Lipinski definition) is 4. The molecule has 0 atom stereocenters. The summed E-state index contributed by atoms with van der Waals surface area (Å²) in [7, 11) is 0. The number of amides is 2. The van der Waals surface area contributed by atoms with Crippen molar-refractivity contribution in [3.63, 3.8) is 0 Å². The maximum atomic E-state index is 12.7. The lowest BCUT2D eigenvalue weighted by atomic mass is 10.2. The lowest BCUT2D eigenvalue weighted by Crippen LogP contribution is -2.44. The van der Waals surface area contributed by atoms with Crippen LogP contribution in [-0.4, -0.2) is 43.0 Å². The third-order valence-corrected chi connectivity index (χ3v) is 3.64. The van der Waals surface area contributed by atoms with Gasteiger partial charge >= 0.3 is 0 Å². The van der Waals surface area contributed by atoms with E-state index in [1.54, 1.807) is 47.4 Å². The molecule has 24 heavy (non-hydrogen) atoms. The summed E-state index contributed by atoms with van der Waals surface area (Å²) >= 11 is 0. The highest BCUT2D eigenvalue weighted by molar-refractivity contribution is 6.05.